The number of carbonyl (C=O) groups is 1. The Morgan fingerprint density at radius 3 is 2.55 bits per heavy atom. The molecule has 1 aliphatic carbocycles. The van der Waals surface area contributed by atoms with E-state index in [4.69, 9.17) is 0 Å². The van der Waals surface area contributed by atoms with Gasteiger partial charge >= 0.3 is 0 Å². The first kappa shape index (κ1) is 13.6. The van der Waals surface area contributed by atoms with Crippen molar-refractivity contribution in [3.8, 4) is 0 Å². The fourth-order valence-corrected chi connectivity index (χ4v) is 3.17. The zero-order valence-corrected chi connectivity index (χ0v) is 12.6. The van der Waals surface area contributed by atoms with Crippen molar-refractivity contribution in [3.63, 3.8) is 0 Å². The van der Waals surface area contributed by atoms with E-state index in [1.54, 1.807) is 0 Å². The maximum absolute atomic E-state index is 12.5. The van der Waals surface area contributed by atoms with Crippen LogP contribution in [0.4, 0.5) is 0 Å². The van der Waals surface area contributed by atoms with Crippen LogP contribution in [0.3, 0.4) is 0 Å². The summed E-state index contributed by atoms with van der Waals surface area (Å²) in [7, 11) is 0. The Labute approximate surface area is 121 Å². The Morgan fingerprint density at radius 2 is 1.95 bits per heavy atom. The molecule has 108 valence electrons. The molecule has 1 saturated heterocycles. The van der Waals surface area contributed by atoms with Crippen molar-refractivity contribution in [1.29, 1.82) is 0 Å². The fourth-order valence-electron chi connectivity index (χ4n) is 3.17. The molecule has 2 aliphatic rings. The van der Waals surface area contributed by atoms with Crippen molar-refractivity contribution in [2.75, 3.05) is 0 Å². The van der Waals surface area contributed by atoms with Gasteiger partial charge in [-0.05, 0) is 38.7 Å². The molecule has 2 fully saturated rings. The monoisotopic (exact) mass is 272 g/mol. The predicted molar refractivity (Wildman–Crippen MR) is 80.2 cm³/mol. The number of rotatable bonds is 4. The number of hydrogen-bond acceptors (Lipinski definition) is 2. The van der Waals surface area contributed by atoms with Gasteiger partial charge in [0, 0.05) is 6.04 Å². The van der Waals surface area contributed by atoms with Gasteiger partial charge in [0.1, 0.15) is 6.17 Å². The van der Waals surface area contributed by atoms with Crippen LogP contribution < -0.4 is 5.32 Å². The highest BCUT2D eigenvalue weighted by atomic mass is 16.2. The number of hydrogen-bond donors (Lipinski definition) is 1. The van der Waals surface area contributed by atoms with Gasteiger partial charge < -0.3 is 4.90 Å². The van der Waals surface area contributed by atoms with Crippen LogP contribution in [0, 0.1) is 12.8 Å². The van der Waals surface area contributed by atoms with E-state index in [9.17, 15) is 4.79 Å². The molecule has 1 saturated carbocycles. The van der Waals surface area contributed by atoms with E-state index in [2.05, 4.69) is 48.3 Å². The van der Waals surface area contributed by atoms with Gasteiger partial charge in [-0.3, -0.25) is 10.1 Å². The van der Waals surface area contributed by atoms with Crippen LogP contribution in [0.5, 0.6) is 0 Å². The van der Waals surface area contributed by atoms with Gasteiger partial charge in [-0.15, -0.1) is 0 Å². The van der Waals surface area contributed by atoms with Crippen molar-refractivity contribution in [2.45, 2.75) is 58.3 Å². The lowest BCUT2D eigenvalue weighted by molar-refractivity contribution is -0.132. The quantitative estimate of drug-likeness (QED) is 0.914. The summed E-state index contributed by atoms with van der Waals surface area (Å²) < 4.78 is 0. The maximum Gasteiger partial charge on any atom is 0.241 e. The molecule has 0 spiro atoms. The van der Waals surface area contributed by atoms with Crippen LogP contribution in [0.2, 0.25) is 0 Å². The molecule has 0 bridgehead atoms. The van der Waals surface area contributed by atoms with Crippen LogP contribution >= 0.6 is 0 Å². The van der Waals surface area contributed by atoms with Gasteiger partial charge in [-0.1, -0.05) is 42.7 Å². The van der Waals surface area contributed by atoms with Crippen molar-refractivity contribution in [2.24, 2.45) is 5.92 Å². The SMILES string of the molecule is Cc1ccc(C2NC(C)C(=O)N2C(C)CC2CC2)cc1. The van der Waals surface area contributed by atoms with E-state index in [1.807, 2.05) is 6.92 Å². The summed E-state index contributed by atoms with van der Waals surface area (Å²) in [5.74, 6) is 1.08. The molecule has 0 aromatic heterocycles. The molecule has 0 radical (unpaired) electrons. The van der Waals surface area contributed by atoms with Gasteiger partial charge in [0.05, 0.1) is 6.04 Å². The first-order valence-electron chi connectivity index (χ1n) is 7.71. The minimum absolute atomic E-state index is 0.0341. The first-order valence-corrected chi connectivity index (χ1v) is 7.71. The summed E-state index contributed by atoms with van der Waals surface area (Å²) >= 11 is 0. The number of amides is 1. The van der Waals surface area contributed by atoms with Crippen LogP contribution in [0.15, 0.2) is 24.3 Å². The lowest BCUT2D eigenvalue weighted by Crippen LogP contribution is -2.38. The predicted octanol–water partition coefficient (Wildman–Crippen LogP) is 3.00. The van der Waals surface area contributed by atoms with Crippen molar-refractivity contribution < 1.29 is 4.79 Å². The normalized spacial score (nSPS) is 27.9. The molecule has 1 aromatic rings. The van der Waals surface area contributed by atoms with Crippen molar-refractivity contribution in [3.05, 3.63) is 35.4 Å². The summed E-state index contributed by atoms with van der Waals surface area (Å²) in [6.07, 6.45) is 3.85. The van der Waals surface area contributed by atoms with Crippen LogP contribution in [0.25, 0.3) is 0 Å². The van der Waals surface area contributed by atoms with Gasteiger partial charge in [-0.25, -0.2) is 0 Å². The third-order valence-corrected chi connectivity index (χ3v) is 4.55. The third-order valence-electron chi connectivity index (χ3n) is 4.55. The van der Waals surface area contributed by atoms with Gasteiger partial charge in [0.25, 0.3) is 0 Å². The van der Waals surface area contributed by atoms with Crippen LogP contribution in [-0.4, -0.2) is 22.9 Å². The zero-order chi connectivity index (χ0) is 14.3. The van der Waals surface area contributed by atoms with Gasteiger partial charge in [0.2, 0.25) is 5.91 Å². The second-order valence-corrected chi connectivity index (χ2v) is 6.48. The highest BCUT2D eigenvalue weighted by Gasteiger charge is 2.41. The molecule has 1 amide bonds. The minimum Gasteiger partial charge on any atom is -0.319 e. The summed E-state index contributed by atoms with van der Waals surface area (Å²) in [6.45, 7) is 6.25. The molecule has 3 heteroatoms. The highest BCUT2D eigenvalue weighted by molar-refractivity contribution is 5.84. The summed E-state index contributed by atoms with van der Waals surface area (Å²) in [4.78, 5) is 14.5. The van der Waals surface area contributed by atoms with Crippen molar-refractivity contribution in [1.82, 2.24) is 10.2 Å². The molecular weight excluding hydrogens is 248 g/mol. The Hall–Kier alpha value is -1.35. The number of benzene rings is 1. The standard InChI is InChI=1S/C17H24N2O/c1-11-4-8-15(9-5-11)16-18-13(3)17(20)19(16)12(2)10-14-6-7-14/h4-5,8-9,12-14,16,18H,6-7,10H2,1-3H3. The molecule has 3 atom stereocenters. The second kappa shape index (κ2) is 5.21. The van der Waals surface area contributed by atoms with E-state index in [1.165, 1.54) is 24.0 Å². The minimum atomic E-state index is -0.0806. The molecule has 3 rings (SSSR count). The van der Waals surface area contributed by atoms with Crippen molar-refractivity contribution >= 4 is 5.91 Å². The summed E-state index contributed by atoms with van der Waals surface area (Å²) in [5, 5.41) is 3.44. The van der Waals surface area contributed by atoms with E-state index in [-0.39, 0.29) is 18.1 Å². The molecule has 1 heterocycles. The Kier molecular flexibility index (Phi) is 3.55. The molecule has 1 aliphatic heterocycles. The molecule has 3 unspecified atom stereocenters. The maximum atomic E-state index is 12.5. The summed E-state index contributed by atoms with van der Waals surface area (Å²) in [5.41, 5.74) is 2.44. The molecule has 1 N–H and O–H groups in total. The lowest BCUT2D eigenvalue weighted by atomic mass is 10.1. The third kappa shape index (κ3) is 2.59. The lowest BCUT2D eigenvalue weighted by Gasteiger charge is -2.31. The summed E-state index contributed by atoms with van der Waals surface area (Å²) in [6, 6.07) is 8.74. The molecule has 20 heavy (non-hydrogen) atoms. The molecule has 1 aromatic carbocycles. The smallest absolute Gasteiger partial charge is 0.241 e. The van der Waals surface area contributed by atoms with E-state index in [0.29, 0.717) is 6.04 Å². The van der Waals surface area contributed by atoms with Gasteiger partial charge in [0.15, 0.2) is 0 Å². The highest BCUT2D eigenvalue weighted by Crippen LogP contribution is 2.37. The topological polar surface area (TPSA) is 32.3 Å². The Balaban J connectivity index is 1.82. The first-order chi connectivity index (χ1) is 9.56. The number of nitrogens with one attached hydrogen (secondary N) is 1. The second-order valence-electron chi connectivity index (χ2n) is 6.48. The largest absolute Gasteiger partial charge is 0.319 e. The number of carbonyl (C=O) groups excluding carboxylic acids is 1. The fraction of sp³-hybridized carbons (Fsp3) is 0.588. The average Bonchev–Trinajstić information content (AvgIpc) is 3.17. The molecular formula is C17H24N2O. The van der Waals surface area contributed by atoms with Gasteiger partial charge in [-0.2, -0.15) is 0 Å². The number of nitrogens with zero attached hydrogens (tertiary/aromatic N) is 1. The average molecular weight is 272 g/mol. The van der Waals surface area contributed by atoms with Crippen LogP contribution in [-0.2, 0) is 4.79 Å². The zero-order valence-electron chi connectivity index (χ0n) is 12.6. The Bertz CT molecular complexity index is 492. The van der Waals surface area contributed by atoms with E-state index < -0.39 is 0 Å². The number of aryl methyl sites for hydroxylation is 1. The van der Waals surface area contributed by atoms with Crippen LogP contribution in [0.1, 0.15) is 50.4 Å². The van der Waals surface area contributed by atoms with E-state index in [0.717, 1.165) is 12.3 Å². The molecule has 3 nitrogen and oxygen atoms in total. The Morgan fingerprint density at radius 1 is 1.30 bits per heavy atom. The van der Waals surface area contributed by atoms with E-state index >= 15 is 0 Å².